The largest absolute Gasteiger partial charge is 0.337 e. The van der Waals surface area contributed by atoms with Crippen LogP contribution in [-0.2, 0) is 11.2 Å². The quantitative estimate of drug-likeness (QED) is 0.452. The number of carbonyl (C=O) groups excluding carboxylic acids is 3. The zero-order chi connectivity index (χ0) is 20.7. The van der Waals surface area contributed by atoms with E-state index in [1.807, 2.05) is 18.2 Å². The Hall–Kier alpha value is -3.55. The number of rotatable bonds is 4. The molecule has 0 radical (unpaired) electrons. The zero-order valence-electron chi connectivity index (χ0n) is 15.8. The maximum atomic E-state index is 12.9. The van der Waals surface area contributed by atoms with E-state index in [2.05, 4.69) is 6.07 Å². The van der Waals surface area contributed by atoms with Gasteiger partial charge >= 0.3 is 0 Å². The monoisotopic (exact) mass is 393 g/mol. The fraction of sp³-hybridized carbons (Fsp3) is 0.286. The van der Waals surface area contributed by atoms with E-state index in [0.29, 0.717) is 0 Å². The summed E-state index contributed by atoms with van der Waals surface area (Å²) < 4.78 is 0. The number of fused-ring (bicyclic) bond motifs is 2. The van der Waals surface area contributed by atoms with E-state index in [4.69, 9.17) is 0 Å². The van der Waals surface area contributed by atoms with Gasteiger partial charge in [0.2, 0.25) is 5.91 Å². The summed E-state index contributed by atoms with van der Waals surface area (Å²) in [4.78, 5) is 50.9. The normalized spacial score (nSPS) is 17.7. The van der Waals surface area contributed by atoms with Gasteiger partial charge in [0, 0.05) is 19.2 Å². The second-order valence-electron chi connectivity index (χ2n) is 7.29. The van der Waals surface area contributed by atoms with Crippen LogP contribution in [0.2, 0.25) is 0 Å². The fourth-order valence-electron chi connectivity index (χ4n) is 4.09. The molecule has 29 heavy (non-hydrogen) atoms. The lowest BCUT2D eigenvalue weighted by Crippen LogP contribution is -2.43. The molecule has 2 aromatic rings. The number of nitro groups is 1. The number of carbonyl (C=O) groups is 3. The van der Waals surface area contributed by atoms with Gasteiger partial charge in [-0.2, -0.15) is 0 Å². The van der Waals surface area contributed by atoms with Gasteiger partial charge in [0.25, 0.3) is 17.5 Å². The molecule has 0 saturated carbocycles. The van der Waals surface area contributed by atoms with Gasteiger partial charge < -0.3 is 4.90 Å². The highest BCUT2D eigenvalue weighted by Crippen LogP contribution is 2.34. The molecule has 0 fully saturated rings. The average Bonchev–Trinajstić information content (AvgIpc) is 2.97. The van der Waals surface area contributed by atoms with Crippen LogP contribution in [0.4, 0.5) is 5.69 Å². The summed E-state index contributed by atoms with van der Waals surface area (Å²) >= 11 is 0. The highest BCUT2D eigenvalue weighted by molar-refractivity contribution is 6.22. The fourth-order valence-corrected chi connectivity index (χ4v) is 4.09. The summed E-state index contributed by atoms with van der Waals surface area (Å²) in [6.45, 7) is -0.394. The van der Waals surface area contributed by atoms with Crippen LogP contribution in [0, 0.1) is 10.1 Å². The van der Waals surface area contributed by atoms with Crippen LogP contribution in [0.15, 0.2) is 42.5 Å². The minimum atomic E-state index is -0.681. The molecule has 4 rings (SSSR count). The van der Waals surface area contributed by atoms with E-state index < -0.39 is 23.3 Å². The Kier molecular flexibility index (Phi) is 4.62. The first-order valence-electron chi connectivity index (χ1n) is 9.36. The minimum Gasteiger partial charge on any atom is -0.337 e. The third kappa shape index (κ3) is 3.16. The number of likely N-dealkylation sites (N-methyl/N-ethyl adjacent to an activating group) is 1. The number of hydrogen-bond acceptors (Lipinski definition) is 5. The molecule has 0 saturated heterocycles. The Morgan fingerprint density at radius 3 is 2.66 bits per heavy atom. The van der Waals surface area contributed by atoms with Crippen molar-refractivity contribution in [1.82, 2.24) is 9.80 Å². The standard InChI is InChI=1S/C21H19N3O5/c1-22(18-8-4-6-13-5-2-3-7-15(13)18)19(25)12-23-20(26)16-10-9-14(24(28)29)11-17(16)21(23)27/h2-3,5,7,9-11,18H,4,6,8,12H2,1H3. The van der Waals surface area contributed by atoms with Crippen LogP contribution in [0.1, 0.15) is 50.7 Å². The maximum absolute atomic E-state index is 12.9. The number of nitro benzene ring substituents is 1. The minimum absolute atomic E-state index is 0.0392. The van der Waals surface area contributed by atoms with Gasteiger partial charge in [-0.15, -0.1) is 0 Å². The molecule has 3 amide bonds. The van der Waals surface area contributed by atoms with Crippen LogP contribution in [0.3, 0.4) is 0 Å². The van der Waals surface area contributed by atoms with Gasteiger partial charge in [0.05, 0.1) is 22.1 Å². The van der Waals surface area contributed by atoms with Crippen molar-refractivity contribution in [2.45, 2.75) is 25.3 Å². The molecule has 1 heterocycles. The summed E-state index contributed by atoms with van der Waals surface area (Å²) in [6, 6.07) is 11.4. The number of non-ortho nitro benzene ring substituents is 1. The van der Waals surface area contributed by atoms with Gasteiger partial charge in [-0.3, -0.25) is 29.4 Å². The van der Waals surface area contributed by atoms with Crippen molar-refractivity contribution in [2.75, 3.05) is 13.6 Å². The Bertz CT molecular complexity index is 1050. The van der Waals surface area contributed by atoms with Gasteiger partial charge in [-0.05, 0) is 36.5 Å². The molecule has 1 unspecified atom stereocenters. The smallest absolute Gasteiger partial charge is 0.270 e. The molecule has 8 heteroatoms. The number of aryl methyl sites for hydroxylation is 1. The summed E-state index contributed by atoms with van der Waals surface area (Å²) in [5.74, 6) is -1.64. The van der Waals surface area contributed by atoms with E-state index >= 15 is 0 Å². The molecule has 0 bridgehead atoms. The van der Waals surface area contributed by atoms with Crippen LogP contribution < -0.4 is 0 Å². The molecule has 1 aliphatic heterocycles. The number of imide groups is 1. The third-order valence-electron chi connectivity index (χ3n) is 5.66. The van der Waals surface area contributed by atoms with Crippen molar-refractivity contribution in [3.05, 3.63) is 74.8 Å². The highest BCUT2D eigenvalue weighted by Gasteiger charge is 2.39. The molecular weight excluding hydrogens is 374 g/mol. The van der Waals surface area contributed by atoms with Crippen LogP contribution in [0.25, 0.3) is 0 Å². The topological polar surface area (TPSA) is 101 Å². The molecule has 2 aromatic carbocycles. The van der Waals surface area contributed by atoms with E-state index in [9.17, 15) is 24.5 Å². The third-order valence-corrected chi connectivity index (χ3v) is 5.66. The van der Waals surface area contributed by atoms with Crippen molar-refractivity contribution in [2.24, 2.45) is 0 Å². The predicted molar refractivity (Wildman–Crippen MR) is 103 cm³/mol. The van der Waals surface area contributed by atoms with Gasteiger partial charge in [-0.25, -0.2) is 0 Å². The van der Waals surface area contributed by atoms with Gasteiger partial charge in [0.1, 0.15) is 6.54 Å². The number of hydrogen-bond donors (Lipinski definition) is 0. The van der Waals surface area contributed by atoms with Crippen molar-refractivity contribution >= 4 is 23.4 Å². The average molecular weight is 393 g/mol. The maximum Gasteiger partial charge on any atom is 0.270 e. The molecular formula is C21H19N3O5. The lowest BCUT2D eigenvalue weighted by Gasteiger charge is -2.34. The lowest BCUT2D eigenvalue weighted by atomic mass is 9.87. The highest BCUT2D eigenvalue weighted by atomic mass is 16.6. The first-order chi connectivity index (χ1) is 13.9. The summed E-state index contributed by atoms with van der Waals surface area (Å²) in [5.41, 5.74) is 2.07. The van der Waals surface area contributed by atoms with Gasteiger partial charge in [-0.1, -0.05) is 24.3 Å². The number of nitrogens with zero attached hydrogens (tertiary/aromatic N) is 3. The number of amides is 3. The summed E-state index contributed by atoms with van der Waals surface area (Å²) in [7, 11) is 1.68. The molecule has 2 aliphatic rings. The van der Waals surface area contributed by atoms with Crippen LogP contribution in [0.5, 0.6) is 0 Å². The van der Waals surface area contributed by atoms with Crippen molar-refractivity contribution < 1.29 is 19.3 Å². The van der Waals surface area contributed by atoms with E-state index in [1.165, 1.54) is 17.7 Å². The van der Waals surface area contributed by atoms with Crippen molar-refractivity contribution in [3.8, 4) is 0 Å². The van der Waals surface area contributed by atoms with Crippen LogP contribution >= 0.6 is 0 Å². The van der Waals surface area contributed by atoms with Crippen LogP contribution in [-0.4, -0.2) is 46.0 Å². The molecule has 148 valence electrons. The Morgan fingerprint density at radius 1 is 1.17 bits per heavy atom. The number of benzene rings is 2. The summed E-state index contributed by atoms with van der Waals surface area (Å²) in [6.07, 6.45) is 2.73. The molecule has 8 nitrogen and oxygen atoms in total. The molecule has 1 aliphatic carbocycles. The Balaban J connectivity index is 1.54. The van der Waals surface area contributed by atoms with Gasteiger partial charge in [0.15, 0.2) is 0 Å². The lowest BCUT2D eigenvalue weighted by molar-refractivity contribution is -0.384. The SMILES string of the molecule is CN(C(=O)CN1C(=O)c2ccc([N+](=O)[O-])cc2C1=O)C1CCCc2ccccc21. The Labute approximate surface area is 166 Å². The second kappa shape index (κ2) is 7.12. The molecule has 0 aromatic heterocycles. The first-order valence-corrected chi connectivity index (χ1v) is 9.36. The second-order valence-corrected chi connectivity index (χ2v) is 7.29. The zero-order valence-corrected chi connectivity index (χ0v) is 15.8. The summed E-state index contributed by atoms with van der Waals surface area (Å²) in [5, 5.41) is 10.9. The van der Waals surface area contributed by atoms with E-state index in [1.54, 1.807) is 11.9 Å². The molecule has 0 N–H and O–H groups in total. The first kappa shape index (κ1) is 18.8. The molecule has 1 atom stereocenters. The van der Waals surface area contributed by atoms with Crippen molar-refractivity contribution in [3.63, 3.8) is 0 Å². The van der Waals surface area contributed by atoms with E-state index in [0.717, 1.165) is 35.8 Å². The molecule has 0 spiro atoms. The predicted octanol–water partition coefficient (Wildman–Crippen LogP) is 2.73. The Morgan fingerprint density at radius 2 is 1.90 bits per heavy atom. The van der Waals surface area contributed by atoms with E-state index in [-0.39, 0.29) is 28.8 Å². The van der Waals surface area contributed by atoms with Crippen molar-refractivity contribution in [1.29, 1.82) is 0 Å².